The molecule has 0 unspecified atom stereocenters. The van der Waals surface area contributed by atoms with Crippen LogP contribution in [0.2, 0.25) is 5.02 Å². The fraction of sp³-hybridized carbons (Fsp3) is 0.111. The summed E-state index contributed by atoms with van der Waals surface area (Å²) in [5, 5.41) is 5.07. The normalized spacial score (nSPS) is 12.0. The van der Waals surface area contributed by atoms with Crippen LogP contribution in [0.3, 0.4) is 0 Å². The monoisotopic (exact) mass is 395 g/mol. The lowest BCUT2D eigenvalue weighted by Crippen LogP contribution is -2.31. The summed E-state index contributed by atoms with van der Waals surface area (Å²) in [7, 11) is 0. The molecule has 140 valence electrons. The maximum Gasteiger partial charge on any atom is 0.319 e. The van der Waals surface area contributed by atoms with E-state index >= 15 is 0 Å². The lowest BCUT2D eigenvalue weighted by molar-refractivity contribution is 0.249. The van der Waals surface area contributed by atoms with Crippen LogP contribution in [0.15, 0.2) is 41.3 Å². The Kier molecular flexibility index (Phi) is 5.09. The molecule has 0 aliphatic carbocycles. The van der Waals surface area contributed by atoms with E-state index in [1.54, 1.807) is 6.92 Å². The molecule has 3 aromatic rings. The summed E-state index contributed by atoms with van der Waals surface area (Å²) in [5.41, 5.74) is 0.0755. The number of nitrogens with one attached hydrogen (secondary N) is 3. The Morgan fingerprint density at radius 2 is 1.74 bits per heavy atom. The zero-order valence-electron chi connectivity index (χ0n) is 13.9. The molecule has 1 aromatic heterocycles. The first-order valence-electron chi connectivity index (χ1n) is 7.79. The van der Waals surface area contributed by atoms with Crippen LogP contribution in [0.1, 0.15) is 18.5 Å². The van der Waals surface area contributed by atoms with E-state index in [2.05, 4.69) is 15.6 Å². The molecular formula is C18H13ClF3N3O2. The first kappa shape index (κ1) is 18.8. The molecule has 1 atom stereocenters. The fourth-order valence-electron chi connectivity index (χ4n) is 2.65. The average Bonchev–Trinajstić information content (AvgIpc) is 2.60. The molecular weight excluding hydrogens is 383 g/mol. The van der Waals surface area contributed by atoms with E-state index in [0.717, 1.165) is 18.2 Å². The van der Waals surface area contributed by atoms with Gasteiger partial charge in [-0.2, -0.15) is 0 Å². The number of aromatic nitrogens is 1. The Morgan fingerprint density at radius 3 is 2.41 bits per heavy atom. The van der Waals surface area contributed by atoms with Crippen LogP contribution in [0.25, 0.3) is 10.8 Å². The van der Waals surface area contributed by atoms with E-state index in [1.807, 2.05) is 0 Å². The van der Waals surface area contributed by atoms with Crippen LogP contribution in [0, 0.1) is 17.5 Å². The van der Waals surface area contributed by atoms with Gasteiger partial charge in [-0.1, -0.05) is 11.6 Å². The highest BCUT2D eigenvalue weighted by Crippen LogP contribution is 2.24. The first-order valence-corrected chi connectivity index (χ1v) is 8.17. The van der Waals surface area contributed by atoms with E-state index in [0.29, 0.717) is 5.56 Å². The SMILES string of the molecule is C[C@H](NC(=O)Nc1ccc(F)c(Cl)c1)c1c[nH]c(=O)c2cc(F)c(F)cc12. The van der Waals surface area contributed by atoms with Crippen molar-refractivity contribution in [2.24, 2.45) is 0 Å². The average molecular weight is 396 g/mol. The molecule has 0 saturated heterocycles. The van der Waals surface area contributed by atoms with Gasteiger partial charge in [-0.05, 0) is 48.2 Å². The van der Waals surface area contributed by atoms with Gasteiger partial charge in [0.25, 0.3) is 5.56 Å². The van der Waals surface area contributed by atoms with Crippen molar-refractivity contribution in [1.82, 2.24) is 10.3 Å². The van der Waals surface area contributed by atoms with Crippen molar-refractivity contribution in [3.05, 3.63) is 74.9 Å². The smallest absolute Gasteiger partial charge is 0.319 e. The highest BCUT2D eigenvalue weighted by Gasteiger charge is 2.16. The largest absolute Gasteiger partial charge is 0.331 e. The maximum atomic E-state index is 13.6. The molecule has 0 saturated carbocycles. The standard InChI is InChI=1S/C18H13ClF3N3O2/c1-8(24-18(27)25-9-2-3-14(20)13(19)4-9)12-7-23-17(26)11-6-16(22)15(21)5-10(11)12/h2-8H,1H3,(H,23,26)(H2,24,25,27)/t8-/m0/s1. The summed E-state index contributed by atoms with van der Waals surface area (Å²) in [6.07, 6.45) is 1.32. The van der Waals surface area contributed by atoms with Crippen molar-refractivity contribution < 1.29 is 18.0 Å². The van der Waals surface area contributed by atoms with Gasteiger partial charge in [0.05, 0.1) is 16.5 Å². The third-order valence-electron chi connectivity index (χ3n) is 3.97. The van der Waals surface area contributed by atoms with Gasteiger partial charge in [-0.3, -0.25) is 4.79 Å². The predicted molar refractivity (Wildman–Crippen MR) is 96.5 cm³/mol. The minimum atomic E-state index is -1.14. The van der Waals surface area contributed by atoms with Crippen LogP contribution in [-0.4, -0.2) is 11.0 Å². The fourth-order valence-corrected chi connectivity index (χ4v) is 2.83. The molecule has 0 bridgehead atoms. The zero-order chi connectivity index (χ0) is 19.7. The van der Waals surface area contributed by atoms with Crippen LogP contribution >= 0.6 is 11.6 Å². The molecule has 0 aliphatic heterocycles. The first-order chi connectivity index (χ1) is 12.8. The Hall–Kier alpha value is -3.00. The molecule has 3 N–H and O–H groups in total. The summed E-state index contributed by atoms with van der Waals surface area (Å²) >= 11 is 5.66. The predicted octanol–water partition coefficient (Wildman–Crippen LogP) is 4.48. The number of amides is 2. The van der Waals surface area contributed by atoms with Crippen molar-refractivity contribution in [1.29, 1.82) is 0 Å². The number of urea groups is 1. The Morgan fingerprint density at radius 1 is 1.07 bits per heavy atom. The van der Waals surface area contributed by atoms with Gasteiger partial charge in [-0.15, -0.1) is 0 Å². The van der Waals surface area contributed by atoms with E-state index in [4.69, 9.17) is 11.6 Å². The second-order valence-electron chi connectivity index (χ2n) is 5.83. The molecule has 9 heteroatoms. The molecule has 2 aromatic carbocycles. The van der Waals surface area contributed by atoms with Crippen molar-refractivity contribution in [2.45, 2.75) is 13.0 Å². The maximum absolute atomic E-state index is 13.6. The molecule has 27 heavy (non-hydrogen) atoms. The summed E-state index contributed by atoms with van der Waals surface area (Å²) in [5.74, 6) is -2.87. The number of H-pyrrole nitrogens is 1. The van der Waals surface area contributed by atoms with E-state index in [1.165, 1.54) is 18.3 Å². The van der Waals surface area contributed by atoms with Crippen LogP contribution in [0.4, 0.5) is 23.7 Å². The second kappa shape index (κ2) is 7.32. The van der Waals surface area contributed by atoms with Crippen LogP contribution in [-0.2, 0) is 0 Å². The number of fused-ring (bicyclic) bond motifs is 1. The van der Waals surface area contributed by atoms with Gasteiger partial charge in [0.1, 0.15) is 5.82 Å². The summed E-state index contributed by atoms with van der Waals surface area (Å²) < 4.78 is 40.2. The number of carbonyl (C=O) groups is 1. The van der Waals surface area contributed by atoms with E-state index < -0.39 is 35.1 Å². The van der Waals surface area contributed by atoms with E-state index in [-0.39, 0.29) is 21.5 Å². The number of aromatic amines is 1. The highest BCUT2D eigenvalue weighted by molar-refractivity contribution is 6.31. The quantitative estimate of drug-likeness (QED) is 0.611. The van der Waals surface area contributed by atoms with Crippen molar-refractivity contribution >= 4 is 34.1 Å². The molecule has 5 nitrogen and oxygen atoms in total. The van der Waals surface area contributed by atoms with Gasteiger partial charge < -0.3 is 15.6 Å². The van der Waals surface area contributed by atoms with Crippen LogP contribution < -0.4 is 16.2 Å². The van der Waals surface area contributed by atoms with Gasteiger partial charge in [0.15, 0.2) is 11.6 Å². The summed E-state index contributed by atoms with van der Waals surface area (Å²) in [6.45, 7) is 1.60. The topological polar surface area (TPSA) is 74.0 Å². The number of hydrogen-bond acceptors (Lipinski definition) is 2. The Bertz CT molecular complexity index is 1100. The van der Waals surface area contributed by atoms with E-state index in [9.17, 15) is 22.8 Å². The number of benzene rings is 2. The number of rotatable bonds is 3. The molecule has 0 fully saturated rings. The number of carbonyl (C=O) groups excluding carboxylic acids is 1. The Balaban J connectivity index is 1.85. The second-order valence-corrected chi connectivity index (χ2v) is 6.24. The number of anilines is 1. The highest BCUT2D eigenvalue weighted by atomic mass is 35.5. The Labute approximate surface area is 156 Å². The van der Waals surface area contributed by atoms with Crippen molar-refractivity contribution in [3.63, 3.8) is 0 Å². The van der Waals surface area contributed by atoms with Gasteiger partial charge >= 0.3 is 6.03 Å². The minimum absolute atomic E-state index is 0.0363. The number of hydrogen-bond donors (Lipinski definition) is 3. The van der Waals surface area contributed by atoms with Gasteiger partial charge in [0, 0.05) is 11.9 Å². The summed E-state index contributed by atoms with van der Waals surface area (Å²) in [4.78, 5) is 26.4. The summed E-state index contributed by atoms with van der Waals surface area (Å²) in [6, 6.07) is 4.10. The number of pyridine rings is 1. The zero-order valence-corrected chi connectivity index (χ0v) is 14.6. The molecule has 0 spiro atoms. The third-order valence-corrected chi connectivity index (χ3v) is 4.26. The molecule has 2 amide bonds. The van der Waals surface area contributed by atoms with Gasteiger partial charge in [-0.25, -0.2) is 18.0 Å². The lowest BCUT2D eigenvalue weighted by atomic mass is 10.0. The molecule has 0 aliphatic rings. The molecule has 3 rings (SSSR count). The van der Waals surface area contributed by atoms with Crippen molar-refractivity contribution in [3.8, 4) is 0 Å². The van der Waals surface area contributed by atoms with Gasteiger partial charge in [0.2, 0.25) is 0 Å². The molecule has 0 radical (unpaired) electrons. The third kappa shape index (κ3) is 3.90. The lowest BCUT2D eigenvalue weighted by Gasteiger charge is -2.17. The molecule has 1 heterocycles. The minimum Gasteiger partial charge on any atom is -0.331 e. The number of halogens is 4. The van der Waals surface area contributed by atoms with Crippen molar-refractivity contribution in [2.75, 3.05) is 5.32 Å². The van der Waals surface area contributed by atoms with Crippen LogP contribution in [0.5, 0.6) is 0 Å².